The third kappa shape index (κ3) is 2.82. The summed E-state index contributed by atoms with van der Waals surface area (Å²) in [6.45, 7) is 3.15. The highest BCUT2D eigenvalue weighted by atomic mass is 16.3. The number of hydrogen-bond acceptors (Lipinski definition) is 2. The van der Waals surface area contributed by atoms with E-state index in [1.54, 1.807) is 0 Å². The maximum Gasteiger partial charge on any atom is 0.0964 e. The van der Waals surface area contributed by atoms with Crippen LogP contribution in [0, 0.1) is 0 Å². The first-order valence-corrected chi connectivity index (χ1v) is 9.63. The molecule has 0 spiro atoms. The molecule has 1 saturated heterocycles. The highest BCUT2D eigenvalue weighted by Crippen LogP contribution is 2.41. The molecule has 0 amide bonds. The van der Waals surface area contributed by atoms with Gasteiger partial charge in [-0.2, -0.15) is 0 Å². The quantitative estimate of drug-likeness (QED) is 0.388. The monoisotopic (exact) mass is 353 g/mol. The summed E-state index contributed by atoms with van der Waals surface area (Å²) >= 11 is 0. The molecule has 0 aliphatic carbocycles. The first-order valence-electron chi connectivity index (χ1n) is 9.63. The summed E-state index contributed by atoms with van der Waals surface area (Å²) < 4.78 is 0. The standard InChI is InChI=1S/C25H23NO/c1-17(18-9-3-2-4-10-18)26-16-24(26)25(27)23-15-19-11-5-6-12-20(19)21-13-7-8-14-22(21)23/h2-15,17,24-25,27H,16H2,1H3/t17-,24+,25+,26?/m1/s1. The van der Waals surface area contributed by atoms with Crippen molar-refractivity contribution in [3.05, 3.63) is 96.1 Å². The van der Waals surface area contributed by atoms with Crippen LogP contribution in [0.5, 0.6) is 0 Å². The van der Waals surface area contributed by atoms with Crippen LogP contribution in [0.2, 0.25) is 0 Å². The van der Waals surface area contributed by atoms with Gasteiger partial charge in [0.2, 0.25) is 0 Å². The molecule has 1 unspecified atom stereocenters. The van der Waals surface area contributed by atoms with E-state index >= 15 is 0 Å². The molecule has 2 heteroatoms. The third-order valence-corrected chi connectivity index (χ3v) is 5.95. The van der Waals surface area contributed by atoms with Crippen molar-refractivity contribution in [1.82, 2.24) is 4.90 Å². The van der Waals surface area contributed by atoms with E-state index in [0.717, 1.165) is 17.5 Å². The van der Waals surface area contributed by atoms with Gasteiger partial charge in [0.05, 0.1) is 12.1 Å². The van der Waals surface area contributed by atoms with Crippen LogP contribution in [0.1, 0.15) is 30.2 Å². The fourth-order valence-electron chi connectivity index (χ4n) is 4.35. The molecule has 1 aliphatic rings. The summed E-state index contributed by atoms with van der Waals surface area (Å²) in [5, 5.41) is 16.0. The molecule has 0 aromatic heterocycles. The fraction of sp³-hybridized carbons (Fsp3) is 0.200. The largest absolute Gasteiger partial charge is 0.387 e. The molecule has 1 aliphatic heterocycles. The van der Waals surface area contributed by atoms with Gasteiger partial charge in [0.1, 0.15) is 0 Å². The Morgan fingerprint density at radius 2 is 1.44 bits per heavy atom. The van der Waals surface area contributed by atoms with Gasteiger partial charge in [0.15, 0.2) is 0 Å². The predicted octanol–water partition coefficient (Wildman–Crippen LogP) is 5.47. The third-order valence-electron chi connectivity index (χ3n) is 5.95. The highest BCUT2D eigenvalue weighted by Gasteiger charge is 2.44. The fourth-order valence-corrected chi connectivity index (χ4v) is 4.35. The van der Waals surface area contributed by atoms with E-state index in [-0.39, 0.29) is 6.04 Å². The van der Waals surface area contributed by atoms with Crippen molar-refractivity contribution >= 4 is 21.5 Å². The summed E-state index contributed by atoms with van der Waals surface area (Å²) in [5.41, 5.74) is 2.34. The van der Waals surface area contributed by atoms with E-state index in [0.29, 0.717) is 6.04 Å². The van der Waals surface area contributed by atoms with Gasteiger partial charge >= 0.3 is 0 Å². The van der Waals surface area contributed by atoms with Crippen LogP contribution >= 0.6 is 0 Å². The number of rotatable bonds is 4. The van der Waals surface area contributed by atoms with Crippen LogP contribution in [-0.2, 0) is 0 Å². The first-order chi connectivity index (χ1) is 13.2. The van der Waals surface area contributed by atoms with Crippen LogP contribution < -0.4 is 0 Å². The SMILES string of the molecule is C[C@H](c1ccccc1)N1C[C@H]1[C@@H](O)c1cc2ccccc2c2ccccc12. The normalized spacial score (nSPS) is 21.3. The predicted molar refractivity (Wildman–Crippen MR) is 112 cm³/mol. The van der Waals surface area contributed by atoms with Crippen molar-refractivity contribution < 1.29 is 5.11 Å². The van der Waals surface area contributed by atoms with Gasteiger partial charge in [0, 0.05) is 12.6 Å². The summed E-state index contributed by atoms with van der Waals surface area (Å²) in [6, 6.07) is 30.1. The molecule has 4 aromatic carbocycles. The van der Waals surface area contributed by atoms with Crippen LogP contribution in [0.15, 0.2) is 84.9 Å². The van der Waals surface area contributed by atoms with Gasteiger partial charge < -0.3 is 5.11 Å². The zero-order valence-electron chi connectivity index (χ0n) is 15.4. The van der Waals surface area contributed by atoms with E-state index in [1.165, 1.54) is 21.7 Å². The Balaban J connectivity index is 1.52. The minimum atomic E-state index is -0.481. The summed E-state index contributed by atoms with van der Waals surface area (Å²) in [4.78, 5) is 2.38. The average molecular weight is 353 g/mol. The molecule has 4 atom stereocenters. The van der Waals surface area contributed by atoms with E-state index in [4.69, 9.17) is 0 Å². The Bertz CT molecular complexity index is 1100. The van der Waals surface area contributed by atoms with Gasteiger partial charge in [-0.1, -0.05) is 78.9 Å². The second-order valence-corrected chi connectivity index (χ2v) is 7.53. The molecule has 2 nitrogen and oxygen atoms in total. The summed E-state index contributed by atoms with van der Waals surface area (Å²) in [7, 11) is 0. The number of benzene rings is 4. The number of nitrogens with zero attached hydrogens (tertiary/aromatic N) is 1. The second kappa shape index (κ2) is 6.49. The molecule has 134 valence electrons. The average Bonchev–Trinajstić information content (AvgIpc) is 3.54. The Labute approximate surface area is 159 Å². The maximum absolute atomic E-state index is 11.2. The molecule has 0 radical (unpaired) electrons. The topological polar surface area (TPSA) is 23.2 Å². The van der Waals surface area contributed by atoms with E-state index in [1.807, 2.05) is 6.07 Å². The minimum Gasteiger partial charge on any atom is -0.387 e. The van der Waals surface area contributed by atoms with Crippen LogP contribution in [0.4, 0.5) is 0 Å². The van der Waals surface area contributed by atoms with Crippen molar-refractivity contribution in [2.45, 2.75) is 25.1 Å². The minimum absolute atomic E-state index is 0.171. The van der Waals surface area contributed by atoms with E-state index < -0.39 is 6.10 Å². The zero-order valence-corrected chi connectivity index (χ0v) is 15.4. The Hall–Kier alpha value is -2.68. The molecule has 27 heavy (non-hydrogen) atoms. The van der Waals surface area contributed by atoms with Crippen molar-refractivity contribution in [2.75, 3.05) is 6.54 Å². The van der Waals surface area contributed by atoms with Gasteiger partial charge in [-0.3, -0.25) is 4.90 Å². The van der Waals surface area contributed by atoms with Gasteiger partial charge in [-0.25, -0.2) is 0 Å². The highest BCUT2D eigenvalue weighted by molar-refractivity contribution is 6.09. The van der Waals surface area contributed by atoms with Crippen molar-refractivity contribution in [2.24, 2.45) is 0 Å². The lowest BCUT2D eigenvalue weighted by Crippen LogP contribution is -2.15. The van der Waals surface area contributed by atoms with E-state index in [9.17, 15) is 5.11 Å². The second-order valence-electron chi connectivity index (χ2n) is 7.53. The van der Waals surface area contributed by atoms with E-state index in [2.05, 4.69) is 90.7 Å². The van der Waals surface area contributed by atoms with Gasteiger partial charge in [-0.15, -0.1) is 0 Å². The number of fused-ring (bicyclic) bond motifs is 3. The maximum atomic E-state index is 11.2. The Kier molecular flexibility index (Phi) is 3.96. The van der Waals surface area contributed by atoms with Crippen molar-refractivity contribution in [1.29, 1.82) is 0 Å². The number of aliphatic hydroxyl groups excluding tert-OH is 1. The molecule has 1 N–H and O–H groups in total. The van der Waals surface area contributed by atoms with Gasteiger partial charge in [-0.05, 0) is 45.7 Å². The van der Waals surface area contributed by atoms with Crippen LogP contribution in [0.25, 0.3) is 21.5 Å². The zero-order chi connectivity index (χ0) is 18.4. The molecular formula is C25H23NO. The molecule has 5 rings (SSSR count). The lowest BCUT2D eigenvalue weighted by atomic mass is 9.93. The Morgan fingerprint density at radius 1 is 0.815 bits per heavy atom. The lowest BCUT2D eigenvalue weighted by Gasteiger charge is -2.19. The molecule has 0 saturated carbocycles. The lowest BCUT2D eigenvalue weighted by molar-refractivity contribution is 0.152. The van der Waals surface area contributed by atoms with Crippen molar-refractivity contribution in [3.8, 4) is 0 Å². The summed E-state index contributed by atoms with van der Waals surface area (Å²) in [5.74, 6) is 0. The van der Waals surface area contributed by atoms with Crippen molar-refractivity contribution in [3.63, 3.8) is 0 Å². The molecule has 4 aromatic rings. The van der Waals surface area contributed by atoms with Crippen LogP contribution in [0.3, 0.4) is 0 Å². The summed E-state index contributed by atoms with van der Waals surface area (Å²) in [6.07, 6.45) is -0.481. The first kappa shape index (κ1) is 16.5. The molecular weight excluding hydrogens is 330 g/mol. The molecule has 1 fully saturated rings. The number of hydrogen-bond donors (Lipinski definition) is 1. The molecule has 0 bridgehead atoms. The number of aliphatic hydroxyl groups is 1. The van der Waals surface area contributed by atoms with Crippen LogP contribution in [-0.4, -0.2) is 22.6 Å². The van der Waals surface area contributed by atoms with Gasteiger partial charge in [0.25, 0.3) is 0 Å². The molecule has 1 heterocycles. The Morgan fingerprint density at radius 3 is 2.22 bits per heavy atom. The smallest absolute Gasteiger partial charge is 0.0964 e.